The first-order valence-electron chi connectivity index (χ1n) is 7.98. The molecule has 0 saturated heterocycles. The van der Waals surface area contributed by atoms with Gasteiger partial charge in [0.25, 0.3) is 0 Å². The predicted molar refractivity (Wildman–Crippen MR) is 111 cm³/mol. The zero-order valence-electron chi connectivity index (χ0n) is 14.1. The van der Waals surface area contributed by atoms with Crippen LogP contribution in [0, 0.1) is 0 Å². The number of aryl methyl sites for hydroxylation is 1. The zero-order chi connectivity index (χ0) is 18.8. The van der Waals surface area contributed by atoms with Crippen LogP contribution in [0.25, 0.3) is 11.0 Å². The van der Waals surface area contributed by atoms with Gasteiger partial charge < -0.3 is 9.88 Å². The number of thioether (sulfide) groups is 1. The Morgan fingerprint density at radius 1 is 1.23 bits per heavy atom. The molecule has 4 nitrogen and oxygen atoms in total. The summed E-state index contributed by atoms with van der Waals surface area (Å²) in [6, 6.07) is 11.0. The molecular weight excluding hydrogens is 413 g/mol. The van der Waals surface area contributed by atoms with Crippen molar-refractivity contribution >= 4 is 69.2 Å². The standard InChI is InChI=1S/C18H16Cl3N3OS/c1-3-24-15-7-5-4-6-14(15)22-18(24)26-10(2)17(25)23-16-12(20)8-11(19)9-13(16)21/h4-10H,3H2,1-2H3,(H,23,25). The first kappa shape index (κ1) is 19.4. The van der Waals surface area contributed by atoms with Crippen LogP contribution in [0.15, 0.2) is 41.6 Å². The van der Waals surface area contributed by atoms with E-state index >= 15 is 0 Å². The number of benzene rings is 2. The molecule has 1 amide bonds. The lowest BCUT2D eigenvalue weighted by molar-refractivity contribution is -0.115. The number of para-hydroxylation sites is 2. The Morgan fingerprint density at radius 3 is 2.54 bits per heavy atom. The molecule has 0 aliphatic rings. The van der Waals surface area contributed by atoms with Crippen molar-refractivity contribution in [1.82, 2.24) is 9.55 Å². The molecule has 0 bridgehead atoms. The van der Waals surface area contributed by atoms with Crippen molar-refractivity contribution < 1.29 is 4.79 Å². The van der Waals surface area contributed by atoms with Crippen LogP contribution in [0.1, 0.15) is 13.8 Å². The van der Waals surface area contributed by atoms with Gasteiger partial charge in [-0.3, -0.25) is 4.79 Å². The Hall–Kier alpha value is -1.40. The summed E-state index contributed by atoms with van der Waals surface area (Å²) < 4.78 is 2.09. The van der Waals surface area contributed by atoms with Crippen LogP contribution in [0.2, 0.25) is 15.1 Å². The molecule has 8 heteroatoms. The summed E-state index contributed by atoms with van der Waals surface area (Å²) in [6.07, 6.45) is 0. The molecule has 0 fully saturated rings. The average molecular weight is 429 g/mol. The van der Waals surface area contributed by atoms with E-state index in [0.717, 1.165) is 22.7 Å². The van der Waals surface area contributed by atoms with E-state index in [1.165, 1.54) is 11.8 Å². The topological polar surface area (TPSA) is 46.9 Å². The van der Waals surface area contributed by atoms with Gasteiger partial charge in [0.15, 0.2) is 5.16 Å². The highest BCUT2D eigenvalue weighted by molar-refractivity contribution is 8.00. The number of carbonyl (C=O) groups is 1. The molecule has 3 aromatic rings. The second-order valence-corrected chi connectivity index (χ2v) is 8.18. The molecule has 26 heavy (non-hydrogen) atoms. The van der Waals surface area contributed by atoms with Gasteiger partial charge in [0, 0.05) is 11.6 Å². The zero-order valence-corrected chi connectivity index (χ0v) is 17.2. The average Bonchev–Trinajstić information content (AvgIpc) is 2.94. The largest absolute Gasteiger partial charge is 0.323 e. The summed E-state index contributed by atoms with van der Waals surface area (Å²) in [5.41, 5.74) is 2.32. The van der Waals surface area contributed by atoms with E-state index in [-0.39, 0.29) is 11.2 Å². The maximum atomic E-state index is 12.6. The van der Waals surface area contributed by atoms with Crippen LogP contribution in [0.3, 0.4) is 0 Å². The number of rotatable bonds is 5. The van der Waals surface area contributed by atoms with E-state index < -0.39 is 0 Å². The molecule has 2 aromatic carbocycles. The number of aromatic nitrogens is 2. The van der Waals surface area contributed by atoms with Gasteiger partial charge in [0.1, 0.15) is 0 Å². The van der Waals surface area contributed by atoms with Crippen LogP contribution >= 0.6 is 46.6 Å². The van der Waals surface area contributed by atoms with Gasteiger partial charge in [-0.2, -0.15) is 0 Å². The van der Waals surface area contributed by atoms with E-state index in [9.17, 15) is 4.79 Å². The van der Waals surface area contributed by atoms with E-state index in [1.807, 2.05) is 31.2 Å². The van der Waals surface area contributed by atoms with Crippen molar-refractivity contribution in [2.75, 3.05) is 5.32 Å². The van der Waals surface area contributed by atoms with Gasteiger partial charge in [-0.05, 0) is 38.1 Å². The van der Waals surface area contributed by atoms with Crippen LogP contribution in [0.4, 0.5) is 5.69 Å². The molecule has 3 rings (SSSR count). The van der Waals surface area contributed by atoms with E-state index in [0.29, 0.717) is 20.8 Å². The Bertz CT molecular complexity index is 950. The third-order valence-corrected chi connectivity index (χ3v) is 5.75. The highest BCUT2D eigenvalue weighted by Gasteiger charge is 2.21. The minimum Gasteiger partial charge on any atom is -0.323 e. The van der Waals surface area contributed by atoms with Gasteiger partial charge in [-0.15, -0.1) is 0 Å². The number of halogens is 3. The number of nitrogens with zero attached hydrogens (tertiary/aromatic N) is 2. The van der Waals surface area contributed by atoms with E-state index in [1.54, 1.807) is 12.1 Å². The van der Waals surface area contributed by atoms with Gasteiger partial charge >= 0.3 is 0 Å². The van der Waals surface area contributed by atoms with E-state index in [2.05, 4.69) is 21.8 Å². The van der Waals surface area contributed by atoms with E-state index in [4.69, 9.17) is 34.8 Å². The molecule has 0 spiro atoms. The molecule has 1 heterocycles. The summed E-state index contributed by atoms with van der Waals surface area (Å²) in [6.45, 7) is 4.64. The minimum absolute atomic E-state index is 0.212. The van der Waals surface area contributed by atoms with Gasteiger partial charge in [0.2, 0.25) is 5.91 Å². The number of anilines is 1. The summed E-state index contributed by atoms with van der Waals surface area (Å²) in [5.74, 6) is -0.212. The first-order valence-corrected chi connectivity index (χ1v) is 9.99. The number of fused-ring (bicyclic) bond motifs is 1. The maximum absolute atomic E-state index is 12.6. The SMILES string of the molecule is CCn1c(SC(C)C(=O)Nc2c(Cl)cc(Cl)cc2Cl)nc2ccccc21. The third kappa shape index (κ3) is 3.96. The second-order valence-electron chi connectivity index (χ2n) is 5.62. The molecule has 1 aromatic heterocycles. The number of amides is 1. The molecule has 1 unspecified atom stereocenters. The maximum Gasteiger partial charge on any atom is 0.237 e. The Balaban J connectivity index is 1.80. The fourth-order valence-electron chi connectivity index (χ4n) is 2.55. The Kier molecular flexibility index (Phi) is 6.03. The third-order valence-electron chi connectivity index (χ3n) is 3.84. The highest BCUT2D eigenvalue weighted by atomic mass is 35.5. The van der Waals surface area contributed by atoms with Crippen molar-refractivity contribution in [1.29, 1.82) is 0 Å². The first-order chi connectivity index (χ1) is 12.4. The number of carbonyl (C=O) groups excluding carboxylic acids is 1. The Labute approximate surface area is 170 Å². The summed E-state index contributed by atoms with van der Waals surface area (Å²) in [7, 11) is 0. The fourth-order valence-corrected chi connectivity index (χ4v) is 4.45. The quantitative estimate of drug-likeness (QED) is 0.497. The molecule has 0 aliphatic heterocycles. The summed E-state index contributed by atoms with van der Waals surface area (Å²) in [5, 5.41) is 4.20. The number of hydrogen-bond donors (Lipinski definition) is 1. The van der Waals surface area contributed by atoms with Gasteiger partial charge in [-0.1, -0.05) is 58.7 Å². The van der Waals surface area contributed by atoms with Crippen LogP contribution < -0.4 is 5.32 Å². The lowest BCUT2D eigenvalue weighted by Gasteiger charge is -2.14. The molecule has 1 atom stereocenters. The smallest absolute Gasteiger partial charge is 0.237 e. The fraction of sp³-hybridized carbons (Fsp3) is 0.222. The molecule has 136 valence electrons. The monoisotopic (exact) mass is 427 g/mol. The van der Waals surface area contributed by atoms with Crippen molar-refractivity contribution in [3.63, 3.8) is 0 Å². The van der Waals surface area contributed by atoms with Crippen molar-refractivity contribution in [2.45, 2.75) is 30.8 Å². The lowest BCUT2D eigenvalue weighted by Crippen LogP contribution is -2.23. The van der Waals surface area contributed by atoms with Crippen molar-refractivity contribution in [3.05, 3.63) is 51.5 Å². The number of imidazole rings is 1. The number of hydrogen-bond acceptors (Lipinski definition) is 3. The lowest BCUT2D eigenvalue weighted by atomic mass is 10.3. The van der Waals surface area contributed by atoms with Crippen LogP contribution in [0.5, 0.6) is 0 Å². The van der Waals surface area contributed by atoms with Gasteiger partial charge in [0.05, 0.1) is 32.0 Å². The van der Waals surface area contributed by atoms with Crippen LogP contribution in [-0.2, 0) is 11.3 Å². The van der Waals surface area contributed by atoms with Crippen LogP contribution in [-0.4, -0.2) is 20.7 Å². The molecular formula is C18H16Cl3N3OS. The molecule has 0 radical (unpaired) electrons. The van der Waals surface area contributed by atoms with Crippen molar-refractivity contribution in [2.24, 2.45) is 0 Å². The predicted octanol–water partition coefficient (Wildman–Crippen LogP) is 6.14. The minimum atomic E-state index is -0.389. The molecule has 0 aliphatic carbocycles. The van der Waals surface area contributed by atoms with Crippen molar-refractivity contribution in [3.8, 4) is 0 Å². The molecule has 0 saturated carbocycles. The number of nitrogens with one attached hydrogen (secondary N) is 1. The Morgan fingerprint density at radius 2 is 1.88 bits per heavy atom. The second kappa shape index (κ2) is 8.09. The van der Waals surface area contributed by atoms with Gasteiger partial charge in [-0.25, -0.2) is 4.98 Å². The highest BCUT2D eigenvalue weighted by Crippen LogP contribution is 2.35. The summed E-state index contributed by atoms with van der Waals surface area (Å²) >= 11 is 19.6. The molecule has 1 N–H and O–H groups in total. The normalized spacial score (nSPS) is 12.3. The summed E-state index contributed by atoms with van der Waals surface area (Å²) in [4.78, 5) is 17.2.